The van der Waals surface area contributed by atoms with Crippen LogP contribution in [0.2, 0.25) is 5.02 Å². The van der Waals surface area contributed by atoms with Gasteiger partial charge in [-0.3, -0.25) is 10.1 Å². The van der Waals surface area contributed by atoms with Gasteiger partial charge in [-0.25, -0.2) is 0 Å². The highest BCUT2D eigenvalue weighted by Gasteiger charge is 2.14. The summed E-state index contributed by atoms with van der Waals surface area (Å²) in [6.07, 6.45) is 0. The molecule has 5 nitrogen and oxygen atoms in total. The predicted octanol–water partition coefficient (Wildman–Crippen LogP) is 4.00. The van der Waals surface area contributed by atoms with E-state index in [2.05, 4.69) is 5.32 Å². The second-order valence-corrected chi connectivity index (χ2v) is 4.21. The number of hydrogen-bond donors (Lipinski definition) is 1. The third-order valence-electron chi connectivity index (χ3n) is 2.52. The molecule has 0 aliphatic carbocycles. The minimum Gasteiger partial charge on any atom is -0.497 e. The van der Waals surface area contributed by atoms with Crippen LogP contribution in [0.5, 0.6) is 5.75 Å². The number of halogens is 1. The van der Waals surface area contributed by atoms with E-state index in [0.29, 0.717) is 22.1 Å². The van der Waals surface area contributed by atoms with Crippen molar-refractivity contribution in [1.29, 1.82) is 0 Å². The van der Waals surface area contributed by atoms with Crippen molar-refractivity contribution in [3.05, 3.63) is 57.6 Å². The standard InChI is InChI=1S/C13H11ClN2O3/c1-19-11-6-7-13(16(17)18)12(8-11)15-10-4-2-9(14)3-5-10/h2-8,15H,1H3. The van der Waals surface area contributed by atoms with Crippen molar-refractivity contribution in [1.82, 2.24) is 0 Å². The first-order chi connectivity index (χ1) is 9.10. The number of nitro benzene ring substituents is 1. The highest BCUT2D eigenvalue weighted by atomic mass is 35.5. The summed E-state index contributed by atoms with van der Waals surface area (Å²) in [5.74, 6) is 0.544. The first-order valence-electron chi connectivity index (χ1n) is 5.45. The number of nitro groups is 1. The zero-order chi connectivity index (χ0) is 13.8. The number of nitrogens with zero attached hydrogens (tertiary/aromatic N) is 1. The van der Waals surface area contributed by atoms with Crippen molar-refractivity contribution in [3.8, 4) is 5.75 Å². The highest BCUT2D eigenvalue weighted by molar-refractivity contribution is 6.30. The zero-order valence-corrected chi connectivity index (χ0v) is 10.8. The minimum atomic E-state index is -0.447. The van der Waals surface area contributed by atoms with Crippen LogP contribution >= 0.6 is 11.6 Å². The highest BCUT2D eigenvalue weighted by Crippen LogP contribution is 2.31. The summed E-state index contributed by atoms with van der Waals surface area (Å²) in [5, 5.41) is 14.5. The SMILES string of the molecule is COc1ccc([N+](=O)[O-])c(Nc2ccc(Cl)cc2)c1. The van der Waals surface area contributed by atoms with E-state index in [9.17, 15) is 10.1 Å². The van der Waals surface area contributed by atoms with Gasteiger partial charge in [-0.15, -0.1) is 0 Å². The third kappa shape index (κ3) is 3.14. The molecule has 1 N–H and O–H groups in total. The molecule has 0 radical (unpaired) electrons. The lowest BCUT2D eigenvalue weighted by Gasteiger charge is -2.09. The Labute approximate surface area is 114 Å². The number of anilines is 2. The second kappa shape index (κ2) is 5.58. The Balaban J connectivity index is 2.36. The van der Waals surface area contributed by atoms with E-state index >= 15 is 0 Å². The molecular weight excluding hydrogens is 268 g/mol. The van der Waals surface area contributed by atoms with E-state index in [0.717, 1.165) is 0 Å². The van der Waals surface area contributed by atoms with Crippen LogP contribution < -0.4 is 10.1 Å². The predicted molar refractivity (Wildman–Crippen MR) is 74.4 cm³/mol. The van der Waals surface area contributed by atoms with Crippen molar-refractivity contribution in [3.63, 3.8) is 0 Å². The van der Waals surface area contributed by atoms with Gasteiger partial charge in [0, 0.05) is 22.8 Å². The Kier molecular flexibility index (Phi) is 3.87. The molecule has 98 valence electrons. The molecule has 0 aliphatic rings. The summed E-state index contributed by atoms with van der Waals surface area (Å²) in [6, 6.07) is 11.4. The first kappa shape index (κ1) is 13.2. The van der Waals surface area contributed by atoms with Crippen LogP contribution in [-0.2, 0) is 0 Å². The Morgan fingerprint density at radius 1 is 1.21 bits per heavy atom. The van der Waals surface area contributed by atoms with Crippen molar-refractivity contribution in [2.24, 2.45) is 0 Å². The van der Waals surface area contributed by atoms with Crippen molar-refractivity contribution in [2.45, 2.75) is 0 Å². The van der Waals surface area contributed by atoms with E-state index < -0.39 is 4.92 Å². The van der Waals surface area contributed by atoms with Crippen LogP contribution in [0.25, 0.3) is 0 Å². The van der Waals surface area contributed by atoms with Gasteiger partial charge in [0.1, 0.15) is 11.4 Å². The fraction of sp³-hybridized carbons (Fsp3) is 0.0769. The molecule has 19 heavy (non-hydrogen) atoms. The molecule has 0 amide bonds. The Bertz CT molecular complexity index is 599. The van der Waals surface area contributed by atoms with Gasteiger partial charge in [-0.05, 0) is 30.3 Å². The van der Waals surface area contributed by atoms with Gasteiger partial charge in [0.25, 0.3) is 5.69 Å². The molecule has 6 heteroatoms. The normalized spacial score (nSPS) is 10.0. The summed E-state index contributed by atoms with van der Waals surface area (Å²) in [4.78, 5) is 10.5. The number of ether oxygens (including phenoxy) is 1. The van der Waals surface area contributed by atoms with E-state index in [4.69, 9.17) is 16.3 Å². The summed E-state index contributed by atoms with van der Waals surface area (Å²) in [6.45, 7) is 0. The molecule has 0 aliphatic heterocycles. The van der Waals surface area contributed by atoms with Crippen LogP contribution in [0.1, 0.15) is 0 Å². The van der Waals surface area contributed by atoms with Crippen LogP contribution in [0.15, 0.2) is 42.5 Å². The maximum absolute atomic E-state index is 11.0. The van der Waals surface area contributed by atoms with Crippen LogP contribution in [-0.4, -0.2) is 12.0 Å². The largest absolute Gasteiger partial charge is 0.497 e. The molecule has 2 aromatic carbocycles. The van der Waals surface area contributed by atoms with Crippen molar-refractivity contribution >= 4 is 28.7 Å². The first-order valence-corrected chi connectivity index (χ1v) is 5.83. The molecule has 0 atom stereocenters. The van der Waals surface area contributed by atoms with Crippen molar-refractivity contribution in [2.75, 3.05) is 12.4 Å². The molecule has 0 heterocycles. The third-order valence-corrected chi connectivity index (χ3v) is 2.78. The van der Waals surface area contributed by atoms with Crippen molar-refractivity contribution < 1.29 is 9.66 Å². The van der Waals surface area contributed by atoms with E-state index in [1.54, 1.807) is 36.4 Å². The zero-order valence-electron chi connectivity index (χ0n) is 10.1. The average molecular weight is 279 g/mol. The topological polar surface area (TPSA) is 64.4 Å². The van der Waals surface area contributed by atoms with Gasteiger partial charge in [0.2, 0.25) is 0 Å². The smallest absolute Gasteiger partial charge is 0.292 e. The molecule has 0 unspecified atom stereocenters. The van der Waals surface area contributed by atoms with Gasteiger partial charge in [0.15, 0.2) is 0 Å². The van der Waals surface area contributed by atoms with Gasteiger partial charge in [0.05, 0.1) is 12.0 Å². The Hall–Kier alpha value is -2.27. The molecule has 0 saturated heterocycles. The maximum Gasteiger partial charge on any atom is 0.292 e. The molecule has 0 fully saturated rings. The minimum absolute atomic E-state index is 0.0178. The quantitative estimate of drug-likeness (QED) is 0.678. The second-order valence-electron chi connectivity index (χ2n) is 3.77. The lowest BCUT2D eigenvalue weighted by molar-refractivity contribution is -0.383. The summed E-state index contributed by atoms with van der Waals surface area (Å²) >= 11 is 5.79. The maximum atomic E-state index is 11.0. The Morgan fingerprint density at radius 2 is 1.89 bits per heavy atom. The Morgan fingerprint density at radius 3 is 2.47 bits per heavy atom. The van der Waals surface area contributed by atoms with E-state index in [1.807, 2.05) is 0 Å². The van der Waals surface area contributed by atoms with Gasteiger partial charge < -0.3 is 10.1 Å². The monoisotopic (exact) mass is 278 g/mol. The lowest BCUT2D eigenvalue weighted by Crippen LogP contribution is -1.97. The van der Waals surface area contributed by atoms with Crippen LogP contribution in [0, 0.1) is 10.1 Å². The average Bonchev–Trinajstić information content (AvgIpc) is 2.41. The van der Waals surface area contributed by atoms with Gasteiger partial charge in [-0.2, -0.15) is 0 Å². The number of benzene rings is 2. The molecule has 0 saturated carbocycles. The van der Waals surface area contributed by atoms with Gasteiger partial charge in [-0.1, -0.05) is 11.6 Å². The summed E-state index contributed by atoms with van der Waals surface area (Å²) in [5.41, 5.74) is 1.06. The van der Waals surface area contributed by atoms with Crippen LogP contribution in [0.4, 0.5) is 17.1 Å². The molecule has 0 bridgehead atoms. The van der Waals surface area contributed by atoms with Crippen LogP contribution in [0.3, 0.4) is 0 Å². The van der Waals surface area contributed by atoms with E-state index in [-0.39, 0.29) is 5.69 Å². The molecular formula is C13H11ClN2O3. The fourth-order valence-corrected chi connectivity index (χ4v) is 1.72. The molecule has 2 rings (SSSR count). The number of rotatable bonds is 4. The molecule has 0 aromatic heterocycles. The van der Waals surface area contributed by atoms with Gasteiger partial charge >= 0.3 is 0 Å². The molecule has 2 aromatic rings. The fourth-order valence-electron chi connectivity index (χ4n) is 1.59. The number of methoxy groups -OCH3 is 1. The molecule has 0 spiro atoms. The number of nitrogens with one attached hydrogen (secondary N) is 1. The summed E-state index contributed by atoms with van der Waals surface area (Å²) < 4.78 is 5.06. The van der Waals surface area contributed by atoms with E-state index in [1.165, 1.54) is 13.2 Å². The number of hydrogen-bond acceptors (Lipinski definition) is 4. The summed E-state index contributed by atoms with van der Waals surface area (Å²) in [7, 11) is 1.51. The lowest BCUT2D eigenvalue weighted by atomic mass is 10.2.